The van der Waals surface area contributed by atoms with Gasteiger partial charge in [-0.05, 0) is 12.8 Å². The average Bonchev–Trinajstić information content (AvgIpc) is 2.48. The molecule has 0 saturated carbocycles. The fourth-order valence-corrected chi connectivity index (χ4v) is 1.42. The number of fused-ring (bicyclic) bond motifs is 1. The Labute approximate surface area is 82.6 Å². The fraction of sp³-hybridized carbons (Fsp3) is 0.556. The third-order valence-electron chi connectivity index (χ3n) is 2.07. The zero-order valence-electron chi connectivity index (χ0n) is 8.22. The summed E-state index contributed by atoms with van der Waals surface area (Å²) in [6.45, 7) is 2.97. The van der Waals surface area contributed by atoms with Crippen LogP contribution in [0.1, 0.15) is 25.5 Å². The van der Waals surface area contributed by atoms with Gasteiger partial charge in [0.15, 0.2) is 5.82 Å². The Bertz CT molecular complexity index is 363. The number of hydrogen-bond acceptors (Lipinski definition) is 4. The van der Waals surface area contributed by atoms with Crippen LogP contribution in [-0.4, -0.2) is 27.5 Å². The van der Waals surface area contributed by atoms with Crippen LogP contribution in [0, 0.1) is 0 Å². The van der Waals surface area contributed by atoms with Crippen molar-refractivity contribution in [1.82, 2.24) is 15.0 Å². The minimum atomic E-state index is 0.864. The second-order valence-electron chi connectivity index (χ2n) is 3.20. The molecule has 0 amide bonds. The van der Waals surface area contributed by atoms with Crippen molar-refractivity contribution in [1.29, 1.82) is 0 Å². The maximum Gasteiger partial charge on any atom is 0.175 e. The van der Waals surface area contributed by atoms with Gasteiger partial charge in [-0.3, -0.25) is 0 Å². The average molecular weight is 191 g/mol. The monoisotopic (exact) mass is 191 g/mol. The molecule has 2 heterocycles. The first kappa shape index (κ1) is 9.05. The van der Waals surface area contributed by atoms with Crippen LogP contribution in [0.4, 0.5) is 5.82 Å². The first-order valence-corrected chi connectivity index (χ1v) is 4.88. The van der Waals surface area contributed by atoms with E-state index in [1.807, 2.05) is 10.9 Å². The van der Waals surface area contributed by atoms with Crippen LogP contribution >= 0.6 is 0 Å². The minimum absolute atomic E-state index is 0.864. The van der Waals surface area contributed by atoms with Crippen LogP contribution in [0.2, 0.25) is 0 Å². The summed E-state index contributed by atoms with van der Waals surface area (Å²) in [5.74, 6) is 0.865. The summed E-state index contributed by atoms with van der Waals surface area (Å²) in [5.41, 5.74) is 0.973. The van der Waals surface area contributed by atoms with Gasteiger partial charge in [-0.25, -0.2) is 14.7 Å². The smallest absolute Gasteiger partial charge is 0.175 e. The van der Waals surface area contributed by atoms with Crippen molar-refractivity contribution in [3.05, 3.63) is 5.69 Å². The molecule has 74 valence electrons. The second-order valence-corrected chi connectivity index (χ2v) is 3.20. The van der Waals surface area contributed by atoms with Crippen molar-refractivity contribution in [2.45, 2.75) is 32.7 Å². The van der Waals surface area contributed by atoms with Gasteiger partial charge in [0, 0.05) is 19.2 Å². The molecule has 0 unspecified atom stereocenters. The number of aryl methyl sites for hydroxylation is 2. The lowest BCUT2D eigenvalue weighted by Crippen LogP contribution is -1.99. The molecule has 2 rings (SSSR count). The summed E-state index contributed by atoms with van der Waals surface area (Å²) in [5, 5.41) is 8.18. The molecule has 0 spiro atoms. The van der Waals surface area contributed by atoms with Crippen LogP contribution in [0.25, 0.3) is 0 Å². The molecule has 0 saturated heterocycles. The Morgan fingerprint density at radius 2 is 2.43 bits per heavy atom. The largest absolute Gasteiger partial charge is 0.249 e. The lowest BCUT2D eigenvalue weighted by molar-refractivity contribution is 0.582. The molecule has 0 radical (unpaired) electrons. The Morgan fingerprint density at radius 1 is 1.50 bits per heavy atom. The topological polar surface area (TPSA) is 55.4 Å². The molecule has 1 aliphatic rings. The summed E-state index contributed by atoms with van der Waals surface area (Å²) < 4.78 is 1.84. The van der Waals surface area contributed by atoms with E-state index in [-0.39, 0.29) is 0 Å². The first-order valence-electron chi connectivity index (χ1n) is 4.88. The van der Waals surface area contributed by atoms with E-state index in [9.17, 15) is 0 Å². The van der Waals surface area contributed by atoms with E-state index in [4.69, 9.17) is 0 Å². The Morgan fingerprint density at radius 3 is 3.29 bits per heavy atom. The van der Waals surface area contributed by atoms with Crippen molar-refractivity contribution in [3.8, 4) is 0 Å². The molecule has 1 aromatic rings. The Balaban J connectivity index is 2.34. The van der Waals surface area contributed by atoms with E-state index < -0.39 is 0 Å². The van der Waals surface area contributed by atoms with Gasteiger partial charge >= 0.3 is 0 Å². The standard InChI is InChI=1S/C9H13N5/c1-2-6-14-9-8(12-13-14)4-3-5-10-7-11-9/h5,7H,2-4,6H2,1H3. The van der Waals surface area contributed by atoms with E-state index in [2.05, 4.69) is 27.2 Å². The molecule has 5 heteroatoms. The molecular weight excluding hydrogens is 178 g/mol. The van der Waals surface area contributed by atoms with Crippen molar-refractivity contribution in [3.63, 3.8) is 0 Å². The van der Waals surface area contributed by atoms with Gasteiger partial charge in [-0.1, -0.05) is 12.1 Å². The SMILES string of the molecule is CCCn1nnc2c1N=CN=CCC2. The molecule has 0 aromatic carbocycles. The van der Waals surface area contributed by atoms with Crippen molar-refractivity contribution in [2.24, 2.45) is 9.98 Å². The maximum atomic E-state index is 4.24. The molecule has 5 nitrogen and oxygen atoms in total. The number of hydrogen-bond donors (Lipinski definition) is 0. The highest BCUT2D eigenvalue weighted by Gasteiger charge is 2.11. The number of nitrogens with zero attached hydrogens (tertiary/aromatic N) is 5. The van der Waals surface area contributed by atoms with Crippen LogP contribution < -0.4 is 0 Å². The molecule has 1 aromatic heterocycles. The van der Waals surface area contributed by atoms with Gasteiger partial charge < -0.3 is 0 Å². The molecule has 1 aliphatic heterocycles. The van der Waals surface area contributed by atoms with Crippen LogP contribution in [0.15, 0.2) is 9.98 Å². The van der Waals surface area contributed by atoms with Gasteiger partial charge in [0.1, 0.15) is 12.0 Å². The van der Waals surface area contributed by atoms with Crippen molar-refractivity contribution < 1.29 is 0 Å². The third kappa shape index (κ3) is 1.71. The van der Waals surface area contributed by atoms with E-state index in [1.165, 1.54) is 0 Å². The summed E-state index contributed by atoms with van der Waals surface area (Å²) in [7, 11) is 0. The van der Waals surface area contributed by atoms with Gasteiger partial charge in [0.05, 0.1) is 0 Å². The zero-order chi connectivity index (χ0) is 9.80. The molecule has 0 atom stereocenters. The summed E-state index contributed by atoms with van der Waals surface area (Å²) in [6.07, 6.45) is 6.23. The molecule has 14 heavy (non-hydrogen) atoms. The quantitative estimate of drug-likeness (QED) is 0.708. The van der Waals surface area contributed by atoms with Gasteiger partial charge in [-0.15, -0.1) is 5.10 Å². The summed E-state index contributed by atoms with van der Waals surface area (Å²) in [6, 6.07) is 0. The van der Waals surface area contributed by atoms with Crippen molar-refractivity contribution in [2.75, 3.05) is 0 Å². The highest BCUT2D eigenvalue weighted by Crippen LogP contribution is 2.18. The molecule has 0 bridgehead atoms. The summed E-state index contributed by atoms with van der Waals surface area (Å²) in [4.78, 5) is 8.27. The lowest BCUT2D eigenvalue weighted by Gasteiger charge is -2.01. The number of aliphatic imine (C=N–C) groups is 2. The van der Waals surface area contributed by atoms with Crippen LogP contribution in [0.3, 0.4) is 0 Å². The molecule has 0 aliphatic carbocycles. The summed E-state index contributed by atoms with van der Waals surface area (Å²) >= 11 is 0. The number of aromatic nitrogens is 3. The predicted octanol–water partition coefficient (Wildman–Crippen LogP) is 1.36. The van der Waals surface area contributed by atoms with E-state index in [0.717, 1.165) is 37.3 Å². The second kappa shape index (κ2) is 4.13. The molecule has 0 N–H and O–H groups in total. The first-order chi connectivity index (χ1) is 6.92. The van der Waals surface area contributed by atoms with Gasteiger partial charge in [0.25, 0.3) is 0 Å². The van der Waals surface area contributed by atoms with Crippen LogP contribution in [0.5, 0.6) is 0 Å². The Hall–Kier alpha value is -1.52. The highest BCUT2D eigenvalue weighted by atomic mass is 15.5. The normalized spacial score (nSPS) is 14.9. The highest BCUT2D eigenvalue weighted by molar-refractivity contribution is 5.75. The predicted molar refractivity (Wildman–Crippen MR) is 55.3 cm³/mol. The molecule has 0 fully saturated rings. The Kier molecular flexibility index (Phi) is 2.67. The molecular formula is C9H13N5. The zero-order valence-corrected chi connectivity index (χ0v) is 8.22. The van der Waals surface area contributed by atoms with E-state index in [0.29, 0.717) is 0 Å². The van der Waals surface area contributed by atoms with Gasteiger partial charge in [0.2, 0.25) is 0 Å². The minimum Gasteiger partial charge on any atom is -0.249 e. The van der Waals surface area contributed by atoms with Crippen molar-refractivity contribution >= 4 is 18.4 Å². The van der Waals surface area contributed by atoms with E-state index >= 15 is 0 Å². The van der Waals surface area contributed by atoms with Gasteiger partial charge in [-0.2, -0.15) is 0 Å². The number of rotatable bonds is 2. The maximum absolute atomic E-state index is 4.24. The third-order valence-corrected chi connectivity index (χ3v) is 2.07. The fourth-order valence-electron chi connectivity index (χ4n) is 1.42. The van der Waals surface area contributed by atoms with E-state index in [1.54, 1.807) is 6.34 Å². The van der Waals surface area contributed by atoms with Crippen LogP contribution in [-0.2, 0) is 13.0 Å². The lowest BCUT2D eigenvalue weighted by atomic mass is 10.2.